The zero-order valence-electron chi connectivity index (χ0n) is 29.5. The van der Waals surface area contributed by atoms with Crippen molar-refractivity contribution in [2.75, 3.05) is 0 Å². The van der Waals surface area contributed by atoms with Crippen molar-refractivity contribution in [3.8, 4) is 56.0 Å². The molecule has 0 radical (unpaired) electrons. The Kier molecular flexibility index (Phi) is 7.90. The van der Waals surface area contributed by atoms with E-state index in [0.717, 1.165) is 54.2 Å². The minimum atomic E-state index is 0. The van der Waals surface area contributed by atoms with Crippen LogP contribution in [0.3, 0.4) is 0 Å². The maximum absolute atomic E-state index is 5.15. The largest absolute Gasteiger partial charge is 2.00 e. The summed E-state index contributed by atoms with van der Waals surface area (Å²) in [7, 11) is 0. The van der Waals surface area contributed by atoms with Crippen molar-refractivity contribution >= 4 is 67.6 Å². The molecule has 5 aromatic carbocycles. The molecule has 8 bridgehead atoms. The number of aromatic nitrogens is 8. The molecule has 0 aliphatic carbocycles. The summed E-state index contributed by atoms with van der Waals surface area (Å²) in [5, 5.41) is 3.52. The molecule has 0 fully saturated rings. The Bertz CT molecular complexity index is 3190. The van der Waals surface area contributed by atoms with E-state index < -0.39 is 0 Å². The van der Waals surface area contributed by atoms with Crippen LogP contribution >= 0.6 is 11.3 Å². The fourth-order valence-electron chi connectivity index (χ4n) is 7.12. The zero-order valence-corrected chi connectivity index (χ0v) is 33.3. The van der Waals surface area contributed by atoms with Gasteiger partial charge in [0.15, 0.2) is 0 Å². The second-order valence-corrected chi connectivity index (χ2v) is 14.4. The Morgan fingerprint density at radius 2 is 0.927 bits per heavy atom. The number of hydrogen-bond donors (Lipinski definition) is 0. The van der Waals surface area contributed by atoms with Crippen LogP contribution in [0.2, 0.25) is 0 Å². The number of hydrogen-bond acceptors (Lipinski definition) is 7. The van der Waals surface area contributed by atoms with Crippen LogP contribution < -0.4 is 9.97 Å². The molecule has 8 nitrogen and oxygen atoms in total. The third-order valence-electron chi connectivity index (χ3n) is 9.85. The first-order valence-corrected chi connectivity index (χ1v) is 18.4. The summed E-state index contributed by atoms with van der Waals surface area (Å²) in [6, 6.07) is 43.2. The fraction of sp³-hybridized carbons (Fsp3) is 0.0222. The molecule has 4 aromatic heterocycles. The predicted molar refractivity (Wildman–Crippen MR) is 217 cm³/mol. The van der Waals surface area contributed by atoms with E-state index in [1.54, 1.807) is 11.3 Å². The topological polar surface area (TPSA) is 106 Å². The monoisotopic (exact) mass is 774 g/mol. The summed E-state index contributed by atoms with van der Waals surface area (Å²) in [6.07, 6.45) is 4.31. The summed E-state index contributed by atoms with van der Waals surface area (Å²) < 4.78 is 0. The Labute approximate surface area is 331 Å². The summed E-state index contributed by atoms with van der Waals surface area (Å²) in [6.45, 7) is 2.10. The molecule has 0 amide bonds. The first-order chi connectivity index (χ1) is 26.6. The number of rotatable bonds is 3. The van der Waals surface area contributed by atoms with Crippen LogP contribution in [0.4, 0.5) is 0 Å². The maximum atomic E-state index is 5.15. The molecule has 0 spiro atoms. The van der Waals surface area contributed by atoms with E-state index in [1.807, 2.05) is 72.8 Å². The second-order valence-electron chi connectivity index (χ2n) is 13.3. The molecule has 55 heavy (non-hydrogen) atoms. The number of benzene rings is 5. The average Bonchev–Trinajstić information content (AvgIpc) is 4.03. The Hall–Kier alpha value is -6.48. The fourth-order valence-corrected chi connectivity index (χ4v) is 8.02. The second kappa shape index (κ2) is 13.1. The van der Waals surface area contributed by atoms with Crippen molar-refractivity contribution in [1.82, 2.24) is 39.9 Å². The minimum Gasteiger partial charge on any atom is -0.357 e. The van der Waals surface area contributed by atoms with Crippen molar-refractivity contribution in [3.05, 3.63) is 143 Å². The molecule has 10 heteroatoms. The normalized spacial score (nSPS) is 11.9. The molecule has 0 atom stereocenters. The summed E-state index contributed by atoms with van der Waals surface area (Å²) >= 11 is 1.74. The van der Waals surface area contributed by atoms with Gasteiger partial charge in [-0.05, 0) is 63.9 Å². The van der Waals surface area contributed by atoms with Gasteiger partial charge < -0.3 is 29.9 Å². The van der Waals surface area contributed by atoms with E-state index in [9.17, 15) is 0 Å². The molecule has 0 unspecified atom stereocenters. The van der Waals surface area contributed by atoms with E-state index in [-0.39, 0.29) is 19.5 Å². The van der Waals surface area contributed by atoms with Crippen LogP contribution in [0.5, 0.6) is 0 Å². The van der Waals surface area contributed by atoms with Crippen molar-refractivity contribution in [2.24, 2.45) is 0 Å². The first-order valence-electron chi connectivity index (χ1n) is 17.6. The minimum absolute atomic E-state index is 0. The van der Waals surface area contributed by atoms with Gasteiger partial charge in [-0.15, -0.1) is 11.3 Å². The van der Waals surface area contributed by atoms with Gasteiger partial charge in [0.2, 0.25) is 0 Å². The van der Waals surface area contributed by atoms with Gasteiger partial charge >= 0.3 is 19.5 Å². The van der Waals surface area contributed by atoms with Crippen LogP contribution in [-0.2, 0) is 19.5 Å². The third kappa shape index (κ3) is 5.69. The van der Waals surface area contributed by atoms with Crippen molar-refractivity contribution < 1.29 is 19.5 Å². The zero-order chi connectivity index (χ0) is 35.8. The van der Waals surface area contributed by atoms with Gasteiger partial charge in [0, 0.05) is 54.6 Å². The summed E-state index contributed by atoms with van der Waals surface area (Å²) in [5.41, 5.74) is 9.16. The van der Waals surface area contributed by atoms with Crippen molar-refractivity contribution in [1.29, 1.82) is 0 Å². The molecule has 9 aromatic rings. The molecule has 0 saturated heterocycles. The Balaban J connectivity index is 0.00000372. The molecule has 6 heterocycles. The Morgan fingerprint density at radius 3 is 1.45 bits per heavy atom. The molecular formula is C45H26N8SZn. The van der Waals surface area contributed by atoms with Crippen LogP contribution in [0.15, 0.2) is 127 Å². The molecule has 11 rings (SSSR count). The van der Waals surface area contributed by atoms with E-state index >= 15 is 0 Å². The number of nitrogens with zero attached hydrogens (tertiary/aromatic N) is 8. The Morgan fingerprint density at radius 1 is 0.455 bits per heavy atom. The number of aryl methyl sites for hydroxylation is 1. The molecule has 254 valence electrons. The van der Waals surface area contributed by atoms with E-state index in [0.29, 0.717) is 45.9 Å². The van der Waals surface area contributed by atoms with Gasteiger partial charge in [0.05, 0.1) is 23.3 Å². The van der Waals surface area contributed by atoms with Crippen LogP contribution in [-0.4, -0.2) is 29.9 Å². The van der Waals surface area contributed by atoms with E-state index in [4.69, 9.17) is 39.9 Å². The molecule has 0 saturated carbocycles. The average molecular weight is 776 g/mol. The maximum Gasteiger partial charge on any atom is 2.00 e. The van der Waals surface area contributed by atoms with Crippen LogP contribution in [0, 0.1) is 6.92 Å². The van der Waals surface area contributed by atoms with Crippen LogP contribution in [0.1, 0.15) is 16.0 Å². The standard InChI is InChI=1S/C45H26N8S.Zn/c1-25-14-16-26(17-15-25)18-20-28-21-23-37(54-28)27-19-22-35-36(24-27)45-52-43-34-13-7-6-12-33(34)41(50-43)48-39-30-9-3-2-8-29(30)38(46-39)47-40-31-10-4-5-11-32(31)42(49-40)51-44(35)53-45;/h2-24H,1H3;/q-2;+2/b20-18+;. The number of fused-ring (bicyclic) bond motifs is 20. The van der Waals surface area contributed by atoms with Gasteiger partial charge in [0.1, 0.15) is 0 Å². The smallest absolute Gasteiger partial charge is 0.357 e. The molecule has 0 N–H and O–H groups in total. The van der Waals surface area contributed by atoms with Gasteiger partial charge in [-0.1, -0.05) is 121 Å². The van der Waals surface area contributed by atoms with E-state index in [2.05, 4.69) is 73.7 Å². The first kappa shape index (κ1) is 33.1. The van der Waals surface area contributed by atoms with Gasteiger partial charge in [-0.25, -0.2) is 9.97 Å². The van der Waals surface area contributed by atoms with Crippen LogP contribution in [0.25, 0.3) is 112 Å². The van der Waals surface area contributed by atoms with Gasteiger partial charge in [-0.2, -0.15) is 0 Å². The van der Waals surface area contributed by atoms with Crippen molar-refractivity contribution in [3.63, 3.8) is 0 Å². The third-order valence-corrected chi connectivity index (χ3v) is 11.0. The van der Waals surface area contributed by atoms with Crippen molar-refractivity contribution in [2.45, 2.75) is 6.92 Å². The molecule has 2 aliphatic heterocycles. The number of thiophene rings is 1. The van der Waals surface area contributed by atoms with Gasteiger partial charge in [-0.3, -0.25) is 0 Å². The van der Waals surface area contributed by atoms with Gasteiger partial charge in [0.25, 0.3) is 0 Å². The van der Waals surface area contributed by atoms with E-state index in [1.165, 1.54) is 16.0 Å². The summed E-state index contributed by atoms with van der Waals surface area (Å²) in [4.78, 5) is 42.6. The SMILES string of the molecule is Cc1ccc(/C=C/c2ccc(-c3ccc4c(c3)-c3nc-4nc4[n-]c(nc5nc(nc6[n-]c(n3)c3ccccc63)-c3ccccc3-5)c3ccccc43)s2)cc1.[Zn+2]. The predicted octanol–water partition coefficient (Wildman–Crippen LogP) is 10.3. The quantitative estimate of drug-likeness (QED) is 0.163. The molecule has 2 aliphatic rings. The molecular weight excluding hydrogens is 750 g/mol. The summed E-state index contributed by atoms with van der Waals surface area (Å²) in [5.74, 6) is 2.15.